The Hall–Kier alpha value is -1.46. The van der Waals surface area contributed by atoms with Gasteiger partial charge in [-0.3, -0.25) is 0 Å². The maximum atomic E-state index is 13.5. The van der Waals surface area contributed by atoms with Crippen molar-refractivity contribution in [1.29, 1.82) is 0 Å². The molecule has 0 bridgehead atoms. The molecule has 1 aromatic carbocycles. The summed E-state index contributed by atoms with van der Waals surface area (Å²) < 4.78 is 15.4. The van der Waals surface area contributed by atoms with Gasteiger partial charge < -0.3 is 4.57 Å². The van der Waals surface area contributed by atoms with Gasteiger partial charge in [0.05, 0.1) is 23.0 Å². The molecule has 1 unspecified atom stereocenters. The Bertz CT molecular complexity index is 763. The Morgan fingerprint density at radius 3 is 2.90 bits per heavy atom. The number of imidazole rings is 1. The summed E-state index contributed by atoms with van der Waals surface area (Å²) in [6.07, 6.45) is 1.84. The molecule has 0 amide bonds. The predicted octanol–water partition coefficient (Wildman–Crippen LogP) is 4.29. The van der Waals surface area contributed by atoms with E-state index >= 15 is 0 Å². The maximum absolute atomic E-state index is 13.5. The summed E-state index contributed by atoms with van der Waals surface area (Å²) in [6.45, 7) is 4.44. The number of aromatic nitrogens is 3. The smallest absolute Gasteiger partial charge is 0.128 e. The maximum Gasteiger partial charge on any atom is 0.128 e. The summed E-state index contributed by atoms with van der Waals surface area (Å²) in [7, 11) is 0. The molecule has 0 aliphatic carbocycles. The van der Waals surface area contributed by atoms with Gasteiger partial charge in [0.15, 0.2) is 0 Å². The molecular formula is C14H13ClFN3S. The number of benzene rings is 1. The van der Waals surface area contributed by atoms with Crippen LogP contribution in [0.4, 0.5) is 4.39 Å². The van der Waals surface area contributed by atoms with Crippen LogP contribution in [0.1, 0.15) is 28.0 Å². The molecule has 6 heteroatoms. The third kappa shape index (κ3) is 2.43. The fourth-order valence-electron chi connectivity index (χ4n) is 2.19. The number of rotatable bonds is 3. The van der Waals surface area contributed by atoms with Gasteiger partial charge >= 0.3 is 0 Å². The minimum atomic E-state index is -0.275. The van der Waals surface area contributed by atoms with Crippen LogP contribution < -0.4 is 0 Å². The van der Waals surface area contributed by atoms with Crippen molar-refractivity contribution >= 4 is 34.0 Å². The number of alkyl halides is 1. The van der Waals surface area contributed by atoms with Crippen LogP contribution >= 0.6 is 22.9 Å². The summed E-state index contributed by atoms with van der Waals surface area (Å²) in [5.41, 5.74) is 1.50. The summed E-state index contributed by atoms with van der Waals surface area (Å²) in [4.78, 5) is 10.0. The number of halogens is 2. The van der Waals surface area contributed by atoms with Crippen LogP contribution in [-0.4, -0.2) is 14.5 Å². The second-order valence-electron chi connectivity index (χ2n) is 4.67. The summed E-state index contributed by atoms with van der Waals surface area (Å²) in [6, 6.07) is 4.58. The molecule has 1 atom stereocenters. The highest BCUT2D eigenvalue weighted by molar-refractivity contribution is 7.11. The van der Waals surface area contributed by atoms with E-state index < -0.39 is 0 Å². The van der Waals surface area contributed by atoms with Crippen molar-refractivity contribution in [3.05, 3.63) is 45.9 Å². The van der Waals surface area contributed by atoms with E-state index in [9.17, 15) is 4.39 Å². The van der Waals surface area contributed by atoms with Crippen molar-refractivity contribution in [2.45, 2.75) is 25.8 Å². The van der Waals surface area contributed by atoms with Gasteiger partial charge in [0.1, 0.15) is 16.6 Å². The molecule has 2 aromatic heterocycles. The number of thiazole rings is 1. The number of hydrogen-bond acceptors (Lipinski definition) is 3. The van der Waals surface area contributed by atoms with Gasteiger partial charge in [-0.25, -0.2) is 14.4 Å². The lowest BCUT2D eigenvalue weighted by Crippen LogP contribution is -2.05. The molecule has 104 valence electrons. The van der Waals surface area contributed by atoms with Gasteiger partial charge in [0.25, 0.3) is 0 Å². The molecule has 0 aliphatic rings. The third-order valence-electron chi connectivity index (χ3n) is 3.06. The highest BCUT2D eigenvalue weighted by Crippen LogP contribution is 2.26. The highest BCUT2D eigenvalue weighted by atomic mass is 35.5. The molecule has 20 heavy (non-hydrogen) atoms. The van der Waals surface area contributed by atoms with Crippen molar-refractivity contribution in [2.24, 2.45) is 0 Å². The third-order valence-corrected chi connectivity index (χ3v) is 4.15. The van der Waals surface area contributed by atoms with Gasteiger partial charge in [0, 0.05) is 11.1 Å². The number of aryl methyl sites for hydroxylation is 1. The molecule has 0 fully saturated rings. The van der Waals surface area contributed by atoms with Crippen molar-refractivity contribution in [3.63, 3.8) is 0 Å². The predicted molar refractivity (Wildman–Crippen MR) is 79.9 cm³/mol. The van der Waals surface area contributed by atoms with E-state index in [0.717, 1.165) is 26.7 Å². The van der Waals surface area contributed by atoms with Crippen LogP contribution in [0.15, 0.2) is 24.4 Å². The monoisotopic (exact) mass is 309 g/mol. The van der Waals surface area contributed by atoms with E-state index in [2.05, 4.69) is 9.97 Å². The molecule has 2 heterocycles. The summed E-state index contributed by atoms with van der Waals surface area (Å²) in [5, 5.41) is 0.719. The molecule has 0 saturated carbocycles. The minimum absolute atomic E-state index is 0.244. The van der Waals surface area contributed by atoms with Crippen LogP contribution in [0, 0.1) is 12.7 Å². The lowest BCUT2D eigenvalue weighted by atomic mass is 10.3. The Labute approximate surface area is 125 Å². The molecular weight excluding hydrogens is 297 g/mol. The van der Waals surface area contributed by atoms with E-state index in [0.29, 0.717) is 6.54 Å². The van der Waals surface area contributed by atoms with Gasteiger partial charge in [-0.2, -0.15) is 0 Å². The molecule has 0 radical (unpaired) electrons. The second kappa shape index (κ2) is 5.14. The molecule has 3 nitrogen and oxygen atoms in total. The Morgan fingerprint density at radius 1 is 1.45 bits per heavy atom. The van der Waals surface area contributed by atoms with Gasteiger partial charge in [0.2, 0.25) is 0 Å². The summed E-state index contributed by atoms with van der Waals surface area (Å²) >= 11 is 7.82. The van der Waals surface area contributed by atoms with Crippen LogP contribution in [0.3, 0.4) is 0 Å². The molecule has 0 saturated heterocycles. The normalized spacial score (nSPS) is 13.0. The number of hydrogen-bond donors (Lipinski definition) is 0. The van der Waals surface area contributed by atoms with E-state index in [1.165, 1.54) is 12.1 Å². The first kappa shape index (κ1) is 13.5. The first-order valence-electron chi connectivity index (χ1n) is 6.25. The van der Waals surface area contributed by atoms with Crippen LogP contribution in [-0.2, 0) is 6.54 Å². The van der Waals surface area contributed by atoms with Crippen molar-refractivity contribution in [1.82, 2.24) is 14.5 Å². The fourth-order valence-corrected chi connectivity index (χ4v) is 3.14. The lowest BCUT2D eigenvalue weighted by molar-refractivity contribution is 0.628. The first-order valence-corrected chi connectivity index (χ1v) is 7.51. The van der Waals surface area contributed by atoms with Crippen LogP contribution in [0.25, 0.3) is 11.0 Å². The molecule has 3 rings (SSSR count). The lowest BCUT2D eigenvalue weighted by Gasteiger charge is -2.08. The standard InChI is InChI=1S/C14H13ClFN3S/c1-8-6-17-13(20-8)7-19-12-5-10(16)3-4-11(12)18-14(19)9(2)15/h3-6,9H,7H2,1-2H3. The highest BCUT2D eigenvalue weighted by Gasteiger charge is 2.16. The number of nitrogens with zero attached hydrogens (tertiary/aromatic N) is 3. The second-order valence-corrected chi connectivity index (χ2v) is 6.64. The first-order chi connectivity index (χ1) is 9.54. The van der Waals surface area contributed by atoms with E-state index in [1.807, 2.05) is 24.6 Å². The molecule has 0 spiro atoms. The largest absolute Gasteiger partial charge is 0.320 e. The quantitative estimate of drug-likeness (QED) is 0.676. The molecule has 3 aromatic rings. The number of fused-ring (bicyclic) bond motifs is 1. The Morgan fingerprint density at radius 2 is 2.25 bits per heavy atom. The molecule has 0 N–H and O–H groups in total. The van der Waals surface area contributed by atoms with Gasteiger partial charge in [-0.05, 0) is 32.0 Å². The molecule has 0 aliphatic heterocycles. The van der Waals surface area contributed by atoms with E-state index in [-0.39, 0.29) is 11.2 Å². The minimum Gasteiger partial charge on any atom is -0.320 e. The van der Waals surface area contributed by atoms with E-state index in [4.69, 9.17) is 11.6 Å². The Kier molecular flexibility index (Phi) is 3.48. The topological polar surface area (TPSA) is 30.7 Å². The van der Waals surface area contributed by atoms with Crippen molar-refractivity contribution in [2.75, 3.05) is 0 Å². The SMILES string of the molecule is Cc1cnc(Cn2c(C(C)Cl)nc3ccc(F)cc32)s1. The van der Waals surface area contributed by atoms with Crippen molar-refractivity contribution < 1.29 is 4.39 Å². The van der Waals surface area contributed by atoms with E-state index in [1.54, 1.807) is 17.4 Å². The Balaban J connectivity index is 2.15. The zero-order valence-corrected chi connectivity index (χ0v) is 12.7. The van der Waals surface area contributed by atoms with Crippen molar-refractivity contribution in [3.8, 4) is 0 Å². The fraction of sp³-hybridized carbons (Fsp3) is 0.286. The zero-order valence-electron chi connectivity index (χ0n) is 11.1. The average molecular weight is 310 g/mol. The van der Waals surface area contributed by atoms with Crippen LogP contribution in [0.2, 0.25) is 0 Å². The summed E-state index contributed by atoms with van der Waals surface area (Å²) in [5.74, 6) is 0.461. The van der Waals surface area contributed by atoms with Gasteiger partial charge in [-0.1, -0.05) is 0 Å². The van der Waals surface area contributed by atoms with Crippen LogP contribution in [0.5, 0.6) is 0 Å². The zero-order chi connectivity index (χ0) is 14.3. The average Bonchev–Trinajstić information content (AvgIpc) is 2.95. The van der Waals surface area contributed by atoms with Gasteiger partial charge in [-0.15, -0.1) is 22.9 Å².